The maximum absolute atomic E-state index is 11.7. The number of rotatable bonds is 6. The molecule has 0 saturated heterocycles. The molecule has 2 aromatic rings. The average Bonchev–Trinajstić information content (AvgIpc) is 3.01. The topological polar surface area (TPSA) is 53.6 Å². The third kappa shape index (κ3) is 4.75. The number of ether oxygens (including phenoxy) is 1. The number of para-hydroxylation sites is 1. The number of methoxy groups -OCH3 is 1. The van der Waals surface area contributed by atoms with E-state index in [1.165, 1.54) is 18.4 Å². The number of halogens is 1. The summed E-state index contributed by atoms with van der Waals surface area (Å²) in [4.78, 5) is 14.1. The molecule has 0 unspecified atom stereocenters. The molecule has 0 spiro atoms. The number of nitrogens with one attached hydrogen (secondary N) is 2. The van der Waals surface area contributed by atoms with Crippen LogP contribution in [0.15, 0.2) is 42.5 Å². The summed E-state index contributed by atoms with van der Waals surface area (Å²) in [6.45, 7) is 3.97. The second kappa shape index (κ2) is 9.26. The molecule has 1 aliphatic heterocycles. The zero-order chi connectivity index (χ0) is 20.1. The highest BCUT2D eigenvalue weighted by Gasteiger charge is 2.24. The molecule has 2 N–H and O–H groups in total. The van der Waals surface area contributed by atoms with Crippen LogP contribution in [0.2, 0.25) is 5.02 Å². The summed E-state index contributed by atoms with van der Waals surface area (Å²) in [5.41, 5.74) is 3.74. The van der Waals surface area contributed by atoms with Gasteiger partial charge in [0.1, 0.15) is 0 Å². The number of hydrogen-bond acceptors (Lipinski definition) is 4. The van der Waals surface area contributed by atoms with Gasteiger partial charge in [0, 0.05) is 24.8 Å². The van der Waals surface area contributed by atoms with Crippen molar-refractivity contribution in [3.63, 3.8) is 0 Å². The molecule has 2 aromatic carbocycles. The quantitative estimate of drug-likeness (QED) is 0.416. The maximum Gasteiger partial charge on any atom is 0.337 e. The molecule has 28 heavy (non-hydrogen) atoms. The SMILES string of the molecule is COC(=O)c1ccc(Cl)c(NC(=S)NCCCN2c3ccccc3C[C@H]2C)c1. The van der Waals surface area contributed by atoms with E-state index >= 15 is 0 Å². The number of anilines is 2. The largest absolute Gasteiger partial charge is 0.465 e. The zero-order valence-electron chi connectivity index (χ0n) is 16.0. The monoisotopic (exact) mass is 417 g/mol. The molecular formula is C21H24ClN3O2S. The highest BCUT2D eigenvalue weighted by molar-refractivity contribution is 7.80. The molecule has 0 saturated carbocycles. The number of carbonyl (C=O) groups is 1. The van der Waals surface area contributed by atoms with Gasteiger partial charge < -0.3 is 20.3 Å². The minimum atomic E-state index is -0.418. The highest BCUT2D eigenvalue weighted by Crippen LogP contribution is 2.31. The summed E-state index contributed by atoms with van der Waals surface area (Å²) in [7, 11) is 1.34. The Kier molecular flexibility index (Phi) is 6.75. The molecular weight excluding hydrogens is 394 g/mol. The Bertz CT molecular complexity index is 874. The molecule has 0 radical (unpaired) electrons. The summed E-state index contributed by atoms with van der Waals surface area (Å²) in [6.07, 6.45) is 2.05. The normalized spacial score (nSPS) is 15.1. The van der Waals surface area contributed by atoms with E-state index < -0.39 is 5.97 Å². The van der Waals surface area contributed by atoms with Crippen LogP contribution in [0.5, 0.6) is 0 Å². The van der Waals surface area contributed by atoms with Crippen molar-refractivity contribution in [3.05, 3.63) is 58.6 Å². The van der Waals surface area contributed by atoms with Gasteiger partial charge in [0.05, 0.1) is 23.4 Å². The molecule has 1 heterocycles. The van der Waals surface area contributed by atoms with Gasteiger partial charge in [-0.15, -0.1) is 0 Å². The summed E-state index contributed by atoms with van der Waals surface area (Å²) in [5.74, 6) is -0.418. The smallest absolute Gasteiger partial charge is 0.337 e. The Balaban J connectivity index is 1.49. The standard InChI is InChI=1S/C21H24ClN3O2S/c1-14-12-15-6-3-4-7-19(15)25(14)11-5-10-23-21(28)24-18-13-16(20(26)27-2)8-9-17(18)22/h3-4,6-9,13-14H,5,10-12H2,1-2H3,(H2,23,24,28)/t14-/m1/s1. The molecule has 5 nitrogen and oxygen atoms in total. The summed E-state index contributed by atoms with van der Waals surface area (Å²) in [6, 6.07) is 14.0. The molecule has 0 amide bonds. The van der Waals surface area contributed by atoms with Crippen molar-refractivity contribution < 1.29 is 9.53 Å². The van der Waals surface area contributed by atoms with Gasteiger partial charge in [-0.2, -0.15) is 0 Å². The Hall–Kier alpha value is -2.31. The molecule has 7 heteroatoms. The van der Waals surface area contributed by atoms with Crippen molar-refractivity contribution in [2.75, 3.05) is 30.4 Å². The number of carbonyl (C=O) groups excluding carboxylic acids is 1. The predicted molar refractivity (Wildman–Crippen MR) is 119 cm³/mol. The Labute approximate surface area is 176 Å². The molecule has 3 rings (SSSR count). The van der Waals surface area contributed by atoms with Crippen LogP contribution in [-0.2, 0) is 11.2 Å². The second-order valence-corrected chi connectivity index (χ2v) is 7.61. The lowest BCUT2D eigenvalue weighted by atomic mass is 10.1. The van der Waals surface area contributed by atoms with Crippen molar-refractivity contribution in [1.29, 1.82) is 0 Å². The molecule has 0 bridgehead atoms. The van der Waals surface area contributed by atoms with Crippen LogP contribution in [0, 0.1) is 0 Å². The first-order valence-electron chi connectivity index (χ1n) is 9.27. The lowest BCUT2D eigenvalue weighted by Crippen LogP contribution is -2.34. The van der Waals surface area contributed by atoms with Crippen LogP contribution in [-0.4, -0.2) is 37.3 Å². The lowest BCUT2D eigenvalue weighted by Gasteiger charge is -2.25. The fourth-order valence-electron chi connectivity index (χ4n) is 3.45. The van der Waals surface area contributed by atoms with Crippen molar-refractivity contribution >= 4 is 46.3 Å². The van der Waals surface area contributed by atoms with Crippen LogP contribution in [0.1, 0.15) is 29.3 Å². The third-order valence-corrected chi connectivity index (χ3v) is 5.42. The first-order valence-corrected chi connectivity index (χ1v) is 10.1. The molecule has 148 valence electrons. The van der Waals surface area contributed by atoms with E-state index in [1.807, 2.05) is 0 Å². The average molecular weight is 418 g/mol. The summed E-state index contributed by atoms with van der Waals surface area (Å²) in [5, 5.41) is 7.21. The van der Waals surface area contributed by atoms with E-state index in [0.717, 1.165) is 25.9 Å². The number of fused-ring (bicyclic) bond motifs is 1. The van der Waals surface area contributed by atoms with Crippen LogP contribution >= 0.6 is 23.8 Å². The first kappa shape index (κ1) is 20.4. The maximum atomic E-state index is 11.7. The van der Waals surface area contributed by atoms with Gasteiger partial charge in [-0.25, -0.2) is 4.79 Å². The van der Waals surface area contributed by atoms with E-state index in [1.54, 1.807) is 18.2 Å². The van der Waals surface area contributed by atoms with E-state index in [4.69, 9.17) is 28.6 Å². The van der Waals surface area contributed by atoms with Gasteiger partial charge in [0.15, 0.2) is 5.11 Å². The number of benzene rings is 2. The van der Waals surface area contributed by atoms with Gasteiger partial charge in [-0.05, 0) is 61.8 Å². The zero-order valence-corrected chi connectivity index (χ0v) is 17.6. The minimum absolute atomic E-state index is 0.416. The van der Waals surface area contributed by atoms with E-state index in [9.17, 15) is 4.79 Å². The lowest BCUT2D eigenvalue weighted by molar-refractivity contribution is 0.0601. The number of esters is 1. The number of nitrogens with zero attached hydrogens (tertiary/aromatic N) is 1. The van der Waals surface area contributed by atoms with Crippen molar-refractivity contribution in [2.24, 2.45) is 0 Å². The summed E-state index contributed by atoms with van der Waals surface area (Å²) >= 11 is 11.5. The fourth-order valence-corrected chi connectivity index (χ4v) is 3.83. The Morgan fingerprint density at radius 1 is 1.32 bits per heavy atom. The first-order chi connectivity index (χ1) is 13.5. The van der Waals surface area contributed by atoms with E-state index in [-0.39, 0.29) is 0 Å². The van der Waals surface area contributed by atoms with Gasteiger partial charge in [0.2, 0.25) is 0 Å². The van der Waals surface area contributed by atoms with Gasteiger partial charge in [-0.1, -0.05) is 29.8 Å². The predicted octanol–water partition coefficient (Wildman–Crippen LogP) is 4.25. The van der Waals surface area contributed by atoms with Gasteiger partial charge in [-0.3, -0.25) is 0 Å². The minimum Gasteiger partial charge on any atom is -0.465 e. The Morgan fingerprint density at radius 2 is 2.11 bits per heavy atom. The molecule has 0 fully saturated rings. The third-order valence-electron chi connectivity index (χ3n) is 4.85. The van der Waals surface area contributed by atoms with Crippen LogP contribution < -0.4 is 15.5 Å². The van der Waals surface area contributed by atoms with E-state index in [2.05, 4.69) is 46.7 Å². The van der Waals surface area contributed by atoms with Gasteiger partial charge in [0.25, 0.3) is 0 Å². The van der Waals surface area contributed by atoms with Crippen molar-refractivity contribution in [1.82, 2.24) is 5.32 Å². The van der Waals surface area contributed by atoms with E-state index in [0.29, 0.717) is 27.4 Å². The van der Waals surface area contributed by atoms with Crippen molar-refractivity contribution in [2.45, 2.75) is 25.8 Å². The highest BCUT2D eigenvalue weighted by atomic mass is 35.5. The second-order valence-electron chi connectivity index (χ2n) is 6.80. The Morgan fingerprint density at radius 3 is 2.89 bits per heavy atom. The molecule has 1 atom stereocenters. The van der Waals surface area contributed by atoms with Crippen LogP contribution in [0.25, 0.3) is 0 Å². The molecule has 1 aliphatic rings. The van der Waals surface area contributed by atoms with Crippen LogP contribution in [0.4, 0.5) is 11.4 Å². The molecule has 0 aliphatic carbocycles. The summed E-state index contributed by atoms with van der Waals surface area (Å²) < 4.78 is 4.74. The fraction of sp³-hybridized carbons (Fsp3) is 0.333. The van der Waals surface area contributed by atoms with Crippen LogP contribution in [0.3, 0.4) is 0 Å². The number of hydrogen-bond donors (Lipinski definition) is 2. The van der Waals surface area contributed by atoms with Crippen molar-refractivity contribution in [3.8, 4) is 0 Å². The molecule has 0 aromatic heterocycles. The number of thiocarbonyl (C=S) groups is 1. The van der Waals surface area contributed by atoms with Gasteiger partial charge >= 0.3 is 5.97 Å².